The van der Waals surface area contributed by atoms with Crippen LogP contribution in [0.2, 0.25) is 0 Å². The van der Waals surface area contributed by atoms with Crippen LogP contribution in [-0.4, -0.2) is 46.7 Å². The highest BCUT2D eigenvalue weighted by atomic mass is 32.2. The molecule has 6 rings (SSSR count). The van der Waals surface area contributed by atoms with E-state index in [1.54, 1.807) is 11.8 Å². The number of aromatic nitrogens is 1. The van der Waals surface area contributed by atoms with Gasteiger partial charge < -0.3 is 20.1 Å². The molecule has 1 aliphatic heterocycles. The smallest absolute Gasteiger partial charge is 0.450 e. The largest absolute Gasteiger partial charge is 0.507 e. The number of carbonyl (C=O) groups is 2. The zero-order valence-electron chi connectivity index (χ0n) is 18.7. The molecule has 2 N–H and O–H groups in total. The zero-order chi connectivity index (χ0) is 22.2. The molecule has 1 atom stereocenters. The fourth-order valence-electron chi connectivity index (χ4n) is 6.70. The van der Waals surface area contributed by atoms with Crippen LogP contribution >= 0.6 is 11.8 Å². The molecule has 5 aliphatic rings. The second-order valence-electron chi connectivity index (χ2n) is 9.97. The Hall–Kier alpha value is -1.96. The van der Waals surface area contributed by atoms with Crippen molar-refractivity contribution < 1.29 is 19.4 Å². The molecule has 0 unspecified atom stereocenters. The first-order chi connectivity index (χ1) is 15.5. The van der Waals surface area contributed by atoms with Crippen molar-refractivity contribution >= 4 is 29.6 Å². The number of nitrogens with one attached hydrogen (secondary N) is 1. The van der Waals surface area contributed by atoms with E-state index in [0.29, 0.717) is 42.2 Å². The molecule has 0 radical (unpaired) electrons. The van der Waals surface area contributed by atoms with E-state index in [1.165, 1.54) is 32.1 Å². The molecule has 32 heavy (non-hydrogen) atoms. The Morgan fingerprint density at radius 1 is 1.19 bits per heavy atom. The van der Waals surface area contributed by atoms with E-state index >= 15 is 0 Å². The highest BCUT2D eigenvalue weighted by Crippen LogP contribution is 2.53. The normalized spacial score (nSPS) is 32.8. The van der Waals surface area contributed by atoms with Crippen LogP contribution in [0.3, 0.4) is 0 Å². The van der Waals surface area contributed by atoms with Crippen LogP contribution in [0.4, 0.5) is 10.6 Å². The molecule has 1 amide bonds. The number of hydrogen-bond donors (Lipinski definition) is 2. The number of hydrogen-bond acceptors (Lipinski definition) is 6. The van der Waals surface area contributed by atoms with Crippen LogP contribution in [0.25, 0.3) is 0 Å². The molecule has 2 heterocycles. The standard InChI is InChI=1S/C24H33N3O4S/c1-2-8-32-23-18(5-6-19(25-23)27-7-3-4-20(27)31-24(29)30)22(28)26-21-16-10-14-9-15(12-16)13-17(21)11-14/h5-6,14-17,20-21H,2-4,7-13H2,1H3,(H,26,28)(H,29,30)/t14?,15?,16?,17?,20-,21?/m0/s1. The summed E-state index contributed by atoms with van der Waals surface area (Å²) < 4.78 is 5.05. The number of rotatable bonds is 7. The molecule has 1 saturated heterocycles. The van der Waals surface area contributed by atoms with Crippen molar-refractivity contribution in [3.05, 3.63) is 17.7 Å². The van der Waals surface area contributed by atoms with Crippen molar-refractivity contribution in [1.29, 1.82) is 0 Å². The summed E-state index contributed by atoms with van der Waals surface area (Å²) in [4.78, 5) is 31.1. The molecule has 1 aromatic heterocycles. The minimum absolute atomic E-state index is 0.0140. The fraction of sp³-hybridized carbons (Fsp3) is 0.708. The number of pyridine rings is 1. The number of thioether (sulfide) groups is 1. The Balaban J connectivity index is 1.34. The summed E-state index contributed by atoms with van der Waals surface area (Å²) >= 11 is 1.60. The molecule has 5 fully saturated rings. The summed E-state index contributed by atoms with van der Waals surface area (Å²) in [6.07, 6.45) is 7.19. The maximum Gasteiger partial charge on any atom is 0.507 e. The molecule has 4 bridgehead atoms. The van der Waals surface area contributed by atoms with Crippen molar-refractivity contribution in [3.8, 4) is 0 Å². The Labute approximate surface area is 193 Å². The third-order valence-electron chi connectivity index (χ3n) is 7.79. The highest BCUT2D eigenvalue weighted by molar-refractivity contribution is 7.99. The SMILES string of the molecule is CCCSc1nc(N2CCC[C@@H]2OC(=O)O)ccc1C(=O)NC1C2CC3CC(C2)CC1C3. The first-order valence-electron chi connectivity index (χ1n) is 12.1. The Morgan fingerprint density at radius 2 is 1.91 bits per heavy atom. The van der Waals surface area contributed by atoms with Crippen LogP contribution in [-0.2, 0) is 4.74 Å². The molecule has 0 aromatic carbocycles. The predicted molar refractivity (Wildman–Crippen MR) is 123 cm³/mol. The molecular formula is C24H33N3O4S. The van der Waals surface area contributed by atoms with Crippen LogP contribution in [0.5, 0.6) is 0 Å². The second kappa shape index (κ2) is 9.12. The summed E-state index contributed by atoms with van der Waals surface area (Å²) in [5.41, 5.74) is 0.635. The fourth-order valence-corrected chi connectivity index (χ4v) is 7.57. The Kier molecular flexibility index (Phi) is 6.23. The average Bonchev–Trinajstić information content (AvgIpc) is 3.21. The molecule has 8 heteroatoms. The maximum atomic E-state index is 13.4. The topological polar surface area (TPSA) is 91.8 Å². The Bertz CT molecular complexity index is 851. The van der Waals surface area contributed by atoms with E-state index < -0.39 is 12.4 Å². The lowest BCUT2D eigenvalue weighted by molar-refractivity contribution is -0.0120. The van der Waals surface area contributed by atoms with E-state index in [4.69, 9.17) is 14.8 Å². The van der Waals surface area contributed by atoms with Crippen molar-refractivity contribution in [1.82, 2.24) is 10.3 Å². The minimum Gasteiger partial charge on any atom is -0.450 e. The van der Waals surface area contributed by atoms with Gasteiger partial charge in [0.25, 0.3) is 5.91 Å². The summed E-state index contributed by atoms with van der Waals surface area (Å²) in [5.74, 6) is 4.57. The van der Waals surface area contributed by atoms with Gasteiger partial charge in [0.2, 0.25) is 0 Å². The van der Waals surface area contributed by atoms with E-state index in [2.05, 4.69) is 12.2 Å². The van der Waals surface area contributed by atoms with Gasteiger partial charge >= 0.3 is 6.16 Å². The van der Waals surface area contributed by atoms with Gasteiger partial charge in [-0.25, -0.2) is 9.78 Å². The predicted octanol–water partition coefficient (Wildman–Crippen LogP) is 4.76. The zero-order valence-corrected chi connectivity index (χ0v) is 19.5. The summed E-state index contributed by atoms with van der Waals surface area (Å²) in [6.45, 7) is 2.81. The van der Waals surface area contributed by atoms with Gasteiger partial charge in [-0.1, -0.05) is 6.92 Å². The molecule has 4 saturated carbocycles. The van der Waals surface area contributed by atoms with Gasteiger partial charge in [-0.15, -0.1) is 11.8 Å². The lowest BCUT2D eigenvalue weighted by Crippen LogP contribution is -2.55. The molecule has 0 spiro atoms. The quantitative estimate of drug-likeness (QED) is 0.449. The highest BCUT2D eigenvalue weighted by Gasteiger charge is 2.48. The molecule has 174 valence electrons. The number of anilines is 1. The lowest BCUT2D eigenvalue weighted by atomic mass is 9.54. The van der Waals surface area contributed by atoms with E-state index in [9.17, 15) is 9.59 Å². The number of nitrogens with zero attached hydrogens (tertiary/aromatic N) is 2. The van der Waals surface area contributed by atoms with Crippen LogP contribution in [0.15, 0.2) is 17.2 Å². The first-order valence-corrected chi connectivity index (χ1v) is 13.1. The molecular weight excluding hydrogens is 426 g/mol. The number of carbonyl (C=O) groups excluding carboxylic acids is 1. The molecule has 1 aromatic rings. The van der Waals surface area contributed by atoms with Gasteiger partial charge in [0.1, 0.15) is 10.8 Å². The van der Waals surface area contributed by atoms with Crippen LogP contribution in [0.1, 0.15) is 68.6 Å². The van der Waals surface area contributed by atoms with Crippen molar-refractivity contribution in [2.75, 3.05) is 17.2 Å². The summed E-state index contributed by atoms with van der Waals surface area (Å²) in [7, 11) is 0. The number of amides is 1. The third kappa shape index (κ3) is 4.30. The maximum absolute atomic E-state index is 13.4. The molecule has 4 aliphatic carbocycles. The van der Waals surface area contributed by atoms with E-state index in [0.717, 1.165) is 35.5 Å². The first kappa shape index (κ1) is 21.9. The summed E-state index contributed by atoms with van der Waals surface area (Å²) in [5, 5.41) is 13.2. The van der Waals surface area contributed by atoms with Crippen molar-refractivity contribution in [2.24, 2.45) is 23.7 Å². The van der Waals surface area contributed by atoms with E-state index in [1.807, 2.05) is 17.0 Å². The number of ether oxygens (including phenoxy) is 1. The van der Waals surface area contributed by atoms with Crippen molar-refractivity contribution in [2.45, 2.75) is 75.6 Å². The van der Waals surface area contributed by atoms with Gasteiger partial charge in [-0.05, 0) is 86.5 Å². The average molecular weight is 460 g/mol. The Morgan fingerprint density at radius 3 is 2.56 bits per heavy atom. The monoisotopic (exact) mass is 459 g/mol. The van der Waals surface area contributed by atoms with Gasteiger partial charge in [0.05, 0.1) is 5.56 Å². The third-order valence-corrected chi connectivity index (χ3v) is 8.98. The summed E-state index contributed by atoms with van der Waals surface area (Å²) in [6, 6.07) is 4.00. The van der Waals surface area contributed by atoms with Crippen LogP contribution < -0.4 is 10.2 Å². The van der Waals surface area contributed by atoms with Gasteiger partial charge in [0, 0.05) is 19.0 Å². The van der Waals surface area contributed by atoms with Gasteiger partial charge in [-0.2, -0.15) is 0 Å². The van der Waals surface area contributed by atoms with E-state index in [-0.39, 0.29) is 5.91 Å². The minimum atomic E-state index is -1.27. The van der Waals surface area contributed by atoms with Crippen LogP contribution in [0, 0.1) is 23.7 Å². The van der Waals surface area contributed by atoms with Crippen molar-refractivity contribution in [3.63, 3.8) is 0 Å². The number of carboxylic acid groups (broad SMARTS) is 1. The second-order valence-corrected chi connectivity index (χ2v) is 11.1. The van der Waals surface area contributed by atoms with Gasteiger partial charge in [-0.3, -0.25) is 4.79 Å². The van der Waals surface area contributed by atoms with Gasteiger partial charge in [0.15, 0.2) is 6.23 Å². The lowest BCUT2D eigenvalue weighted by Gasteiger charge is -2.54. The molecule has 7 nitrogen and oxygen atoms in total.